The third kappa shape index (κ3) is 2.53. The highest BCUT2D eigenvalue weighted by atomic mass is 14.5. The third-order valence-electron chi connectivity index (χ3n) is 3.53. The summed E-state index contributed by atoms with van der Waals surface area (Å²) in [5.41, 5.74) is 9.78. The lowest BCUT2D eigenvalue weighted by molar-refractivity contribution is 0.413. The molecule has 1 aliphatic rings. The van der Waals surface area contributed by atoms with Crippen molar-refractivity contribution in [1.82, 2.24) is 0 Å². The first-order valence-corrected chi connectivity index (χ1v) is 6.17. The van der Waals surface area contributed by atoms with Gasteiger partial charge in [0, 0.05) is 5.69 Å². The predicted molar refractivity (Wildman–Crippen MR) is 65.9 cm³/mol. The van der Waals surface area contributed by atoms with E-state index in [-0.39, 0.29) is 0 Å². The van der Waals surface area contributed by atoms with E-state index in [1.165, 1.54) is 49.7 Å². The van der Waals surface area contributed by atoms with Crippen molar-refractivity contribution in [2.75, 3.05) is 5.73 Å². The Hall–Kier alpha value is -0.980. The molecule has 0 aliphatic heterocycles. The third-order valence-corrected chi connectivity index (χ3v) is 3.53. The van der Waals surface area contributed by atoms with Crippen LogP contribution in [0.1, 0.15) is 43.7 Å². The molecule has 2 rings (SSSR count). The number of nitrogen functional groups attached to an aromatic ring is 1. The minimum atomic E-state index is 0.902. The molecule has 0 fully saturated rings. The van der Waals surface area contributed by atoms with Crippen LogP contribution in [-0.2, 0) is 12.8 Å². The van der Waals surface area contributed by atoms with Gasteiger partial charge < -0.3 is 5.73 Å². The van der Waals surface area contributed by atoms with Gasteiger partial charge in [0.1, 0.15) is 0 Å². The highest BCUT2D eigenvalue weighted by Gasteiger charge is 2.17. The van der Waals surface area contributed by atoms with E-state index in [4.69, 9.17) is 5.73 Å². The van der Waals surface area contributed by atoms with E-state index in [9.17, 15) is 0 Å². The highest BCUT2D eigenvalue weighted by molar-refractivity contribution is 5.45. The standard InChI is InChI=1S/C14H21N/c1-2-3-4-11-5-6-12-7-8-14(15)10-13(12)9-11/h7-8,10-11H,2-6,9,15H2,1H3. The second kappa shape index (κ2) is 4.69. The van der Waals surface area contributed by atoms with E-state index in [0.29, 0.717) is 0 Å². The summed E-state index contributed by atoms with van der Waals surface area (Å²) in [6, 6.07) is 6.42. The number of unbranched alkanes of at least 4 members (excludes halogenated alkanes) is 1. The minimum absolute atomic E-state index is 0.902. The van der Waals surface area contributed by atoms with Crippen molar-refractivity contribution < 1.29 is 0 Å². The Morgan fingerprint density at radius 2 is 2.20 bits per heavy atom. The van der Waals surface area contributed by atoms with Crippen LogP contribution in [0.4, 0.5) is 5.69 Å². The second-order valence-electron chi connectivity index (χ2n) is 4.78. The first-order valence-electron chi connectivity index (χ1n) is 6.17. The zero-order valence-corrected chi connectivity index (χ0v) is 9.63. The summed E-state index contributed by atoms with van der Waals surface area (Å²) in [5.74, 6) is 0.902. The van der Waals surface area contributed by atoms with E-state index in [1.54, 1.807) is 0 Å². The molecule has 0 spiro atoms. The molecule has 0 bridgehead atoms. The zero-order valence-electron chi connectivity index (χ0n) is 9.63. The van der Waals surface area contributed by atoms with Crippen LogP contribution in [0.2, 0.25) is 0 Å². The maximum atomic E-state index is 5.83. The number of fused-ring (bicyclic) bond motifs is 1. The van der Waals surface area contributed by atoms with Crippen molar-refractivity contribution in [3.8, 4) is 0 Å². The van der Waals surface area contributed by atoms with Crippen LogP contribution < -0.4 is 5.73 Å². The fourth-order valence-corrected chi connectivity index (χ4v) is 2.59. The normalized spacial score (nSPS) is 19.9. The van der Waals surface area contributed by atoms with Crippen LogP contribution in [0.5, 0.6) is 0 Å². The van der Waals surface area contributed by atoms with Crippen LogP contribution in [0, 0.1) is 5.92 Å². The van der Waals surface area contributed by atoms with Crippen LogP contribution >= 0.6 is 0 Å². The monoisotopic (exact) mass is 203 g/mol. The SMILES string of the molecule is CCCCC1CCc2ccc(N)cc2C1. The Bertz CT molecular complexity index is 330. The molecule has 0 heterocycles. The highest BCUT2D eigenvalue weighted by Crippen LogP contribution is 2.29. The van der Waals surface area contributed by atoms with Crippen molar-refractivity contribution >= 4 is 5.69 Å². The largest absolute Gasteiger partial charge is 0.399 e. The number of aryl methyl sites for hydroxylation is 1. The average Bonchev–Trinajstić information content (AvgIpc) is 2.25. The van der Waals surface area contributed by atoms with Crippen LogP contribution in [0.15, 0.2) is 18.2 Å². The van der Waals surface area contributed by atoms with E-state index < -0.39 is 0 Å². The van der Waals surface area contributed by atoms with E-state index >= 15 is 0 Å². The molecule has 0 saturated heterocycles. The Morgan fingerprint density at radius 1 is 1.33 bits per heavy atom. The van der Waals surface area contributed by atoms with Gasteiger partial charge in [-0.1, -0.05) is 32.3 Å². The zero-order chi connectivity index (χ0) is 10.7. The number of benzene rings is 1. The molecule has 0 radical (unpaired) electrons. The molecule has 0 amide bonds. The molecule has 0 saturated carbocycles. The smallest absolute Gasteiger partial charge is 0.0316 e. The Balaban J connectivity index is 2.05. The van der Waals surface area contributed by atoms with Gasteiger partial charge in [0.25, 0.3) is 0 Å². The van der Waals surface area contributed by atoms with Gasteiger partial charge >= 0.3 is 0 Å². The number of hydrogen-bond donors (Lipinski definition) is 1. The first kappa shape index (κ1) is 10.5. The lowest BCUT2D eigenvalue weighted by Gasteiger charge is -2.24. The van der Waals surface area contributed by atoms with Gasteiger partial charge in [-0.25, -0.2) is 0 Å². The summed E-state index contributed by atoms with van der Waals surface area (Å²) in [4.78, 5) is 0. The average molecular weight is 203 g/mol. The van der Waals surface area contributed by atoms with E-state index in [0.717, 1.165) is 11.6 Å². The van der Waals surface area contributed by atoms with Crippen LogP contribution in [0.25, 0.3) is 0 Å². The van der Waals surface area contributed by atoms with Gasteiger partial charge in [-0.05, 0) is 48.4 Å². The Morgan fingerprint density at radius 3 is 3.00 bits per heavy atom. The number of rotatable bonds is 3. The maximum Gasteiger partial charge on any atom is 0.0316 e. The number of anilines is 1. The van der Waals surface area contributed by atoms with Crippen molar-refractivity contribution in [2.24, 2.45) is 5.92 Å². The molecule has 2 N–H and O–H groups in total. The van der Waals surface area contributed by atoms with Crippen molar-refractivity contribution in [3.05, 3.63) is 29.3 Å². The molecule has 1 atom stereocenters. The molecule has 15 heavy (non-hydrogen) atoms. The first-order chi connectivity index (χ1) is 7.29. The summed E-state index contributed by atoms with van der Waals surface area (Å²) >= 11 is 0. The summed E-state index contributed by atoms with van der Waals surface area (Å²) in [6.45, 7) is 2.27. The maximum absolute atomic E-state index is 5.83. The lowest BCUT2D eigenvalue weighted by atomic mass is 9.81. The van der Waals surface area contributed by atoms with Crippen molar-refractivity contribution in [2.45, 2.75) is 45.4 Å². The number of hydrogen-bond acceptors (Lipinski definition) is 1. The molecule has 1 heteroatoms. The van der Waals surface area contributed by atoms with Crippen molar-refractivity contribution in [3.63, 3.8) is 0 Å². The van der Waals surface area contributed by atoms with Crippen LogP contribution in [0.3, 0.4) is 0 Å². The summed E-state index contributed by atoms with van der Waals surface area (Å²) in [5, 5.41) is 0. The van der Waals surface area contributed by atoms with E-state index in [1.807, 2.05) is 6.07 Å². The second-order valence-corrected chi connectivity index (χ2v) is 4.78. The quantitative estimate of drug-likeness (QED) is 0.747. The molecular formula is C14H21N. The molecular weight excluding hydrogens is 182 g/mol. The van der Waals surface area contributed by atoms with Gasteiger partial charge in [0.15, 0.2) is 0 Å². The predicted octanol–water partition coefficient (Wildman–Crippen LogP) is 3.56. The van der Waals surface area contributed by atoms with Gasteiger partial charge in [0.05, 0.1) is 0 Å². The van der Waals surface area contributed by atoms with Crippen molar-refractivity contribution in [1.29, 1.82) is 0 Å². The molecule has 1 aromatic carbocycles. The molecule has 82 valence electrons. The van der Waals surface area contributed by atoms with Gasteiger partial charge in [-0.3, -0.25) is 0 Å². The van der Waals surface area contributed by atoms with E-state index in [2.05, 4.69) is 19.1 Å². The Kier molecular flexibility index (Phi) is 3.30. The van der Waals surface area contributed by atoms with Gasteiger partial charge in [-0.2, -0.15) is 0 Å². The fourth-order valence-electron chi connectivity index (χ4n) is 2.59. The summed E-state index contributed by atoms with van der Waals surface area (Å²) in [7, 11) is 0. The fraction of sp³-hybridized carbons (Fsp3) is 0.571. The molecule has 0 aromatic heterocycles. The lowest BCUT2D eigenvalue weighted by Crippen LogP contribution is -2.14. The molecule has 1 aliphatic carbocycles. The van der Waals surface area contributed by atoms with Gasteiger partial charge in [0.2, 0.25) is 0 Å². The summed E-state index contributed by atoms with van der Waals surface area (Å²) < 4.78 is 0. The molecule has 1 aromatic rings. The summed E-state index contributed by atoms with van der Waals surface area (Å²) in [6.07, 6.45) is 7.97. The molecule has 1 unspecified atom stereocenters. The number of nitrogens with two attached hydrogens (primary N) is 1. The Labute approximate surface area is 92.7 Å². The van der Waals surface area contributed by atoms with Gasteiger partial charge in [-0.15, -0.1) is 0 Å². The van der Waals surface area contributed by atoms with Crippen LogP contribution in [-0.4, -0.2) is 0 Å². The minimum Gasteiger partial charge on any atom is -0.399 e. The molecule has 1 nitrogen and oxygen atoms in total. The topological polar surface area (TPSA) is 26.0 Å².